The minimum Gasteiger partial charge on any atom is -0.472 e. The Balaban J connectivity index is 1.58. The van der Waals surface area contributed by atoms with E-state index in [0.717, 1.165) is 49.8 Å². The summed E-state index contributed by atoms with van der Waals surface area (Å²) < 4.78 is 5.00. The summed E-state index contributed by atoms with van der Waals surface area (Å²) in [6, 6.07) is 1.73. The van der Waals surface area contributed by atoms with Crippen LogP contribution in [0.15, 0.2) is 28.4 Å². The Morgan fingerprint density at radius 2 is 2.29 bits per heavy atom. The van der Waals surface area contributed by atoms with Gasteiger partial charge in [0.05, 0.1) is 22.5 Å². The number of hydrogen-bond acceptors (Lipinski definition) is 5. The van der Waals surface area contributed by atoms with Crippen molar-refractivity contribution in [3.05, 3.63) is 40.2 Å². The van der Waals surface area contributed by atoms with Gasteiger partial charge in [-0.25, -0.2) is 4.98 Å². The van der Waals surface area contributed by atoms with E-state index in [2.05, 4.69) is 15.3 Å². The monoisotopic (exact) mass is 305 g/mol. The van der Waals surface area contributed by atoms with Crippen molar-refractivity contribution in [1.29, 1.82) is 0 Å². The van der Waals surface area contributed by atoms with Crippen LogP contribution in [-0.4, -0.2) is 46.9 Å². The van der Waals surface area contributed by atoms with Crippen molar-refractivity contribution < 1.29 is 9.21 Å². The molecule has 0 bridgehead atoms. The molecule has 0 aliphatic carbocycles. The van der Waals surface area contributed by atoms with Crippen LogP contribution in [-0.2, 0) is 6.54 Å². The number of aryl methyl sites for hydroxylation is 1. The fourth-order valence-corrected chi connectivity index (χ4v) is 3.21. The molecule has 0 N–H and O–H groups in total. The van der Waals surface area contributed by atoms with Crippen LogP contribution < -0.4 is 0 Å². The summed E-state index contributed by atoms with van der Waals surface area (Å²) in [6.07, 6.45) is 4.05. The number of carbonyl (C=O) groups is 1. The van der Waals surface area contributed by atoms with Gasteiger partial charge in [0.1, 0.15) is 6.26 Å². The van der Waals surface area contributed by atoms with Gasteiger partial charge in [0.25, 0.3) is 5.91 Å². The molecule has 0 aromatic carbocycles. The standard InChI is InChI=1S/C15H19N3O2S/c1-12-16-14(11-21-12)9-17-4-2-5-18(7-6-17)15(19)13-3-8-20-10-13/h3,8,10-11H,2,4-7,9H2,1H3. The molecule has 0 spiro atoms. The van der Waals surface area contributed by atoms with Crippen molar-refractivity contribution in [2.75, 3.05) is 26.2 Å². The van der Waals surface area contributed by atoms with Crippen LogP contribution in [0.4, 0.5) is 0 Å². The SMILES string of the molecule is Cc1nc(CN2CCCN(C(=O)c3ccoc3)CC2)cs1. The third-order valence-corrected chi connectivity index (χ3v) is 4.52. The number of furan rings is 1. The highest BCUT2D eigenvalue weighted by atomic mass is 32.1. The van der Waals surface area contributed by atoms with E-state index in [9.17, 15) is 4.79 Å². The van der Waals surface area contributed by atoms with Crippen molar-refractivity contribution in [1.82, 2.24) is 14.8 Å². The molecule has 1 fully saturated rings. The number of nitrogens with zero attached hydrogens (tertiary/aromatic N) is 3. The van der Waals surface area contributed by atoms with Gasteiger partial charge in [0.15, 0.2) is 0 Å². The highest BCUT2D eigenvalue weighted by molar-refractivity contribution is 7.09. The maximum atomic E-state index is 12.3. The molecule has 3 heterocycles. The van der Waals surface area contributed by atoms with Crippen LogP contribution in [0.1, 0.15) is 27.5 Å². The van der Waals surface area contributed by atoms with Crippen LogP contribution in [0.3, 0.4) is 0 Å². The second kappa shape index (κ2) is 6.41. The zero-order valence-electron chi connectivity index (χ0n) is 12.1. The summed E-state index contributed by atoms with van der Waals surface area (Å²) >= 11 is 1.69. The third kappa shape index (κ3) is 3.51. The maximum Gasteiger partial charge on any atom is 0.257 e. The Morgan fingerprint density at radius 3 is 3.00 bits per heavy atom. The molecule has 3 rings (SSSR count). The lowest BCUT2D eigenvalue weighted by Gasteiger charge is -2.21. The first-order valence-corrected chi connectivity index (χ1v) is 8.05. The van der Waals surface area contributed by atoms with E-state index in [1.165, 1.54) is 6.26 Å². The molecule has 2 aromatic rings. The van der Waals surface area contributed by atoms with E-state index in [1.54, 1.807) is 23.7 Å². The van der Waals surface area contributed by atoms with E-state index in [1.807, 2.05) is 11.8 Å². The highest BCUT2D eigenvalue weighted by Gasteiger charge is 2.21. The van der Waals surface area contributed by atoms with E-state index in [0.29, 0.717) is 5.56 Å². The summed E-state index contributed by atoms with van der Waals surface area (Å²) in [5, 5.41) is 3.23. The normalized spacial score (nSPS) is 16.9. The molecule has 0 atom stereocenters. The van der Waals surface area contributed by atoms with Crippen LogP contribution >= 0.6 is 11.3 Å². The minimum absolute atomic E-state index is 0.0649. The summed E-state index contributed by atoms with van der Waals surface area (Å²) in [4.78, 5) is 21.1. The van der Waals surface area contributed by atoms with E-state index < -0.39 is 0 Å². The Labute approximate surface area is 128 Å². The molecule has 5 nitrogen and oxygen atoms in total. The average Bonchev–Trinajstić information content (AvgIpc) is 3.08. The van der Waals surface area contributed by atoms with Gasteiger partial charge in [-0.1, -0.05) is 0 Å². The molecule has 1 aliphatic rings. The molecule has 0 radical (unpaired) electrons. The predicted octanol–water partition coefficient (Wildman–Crippen LogP) is 2.39. The molecule has 1 aliphatic heterocycles. The molecule has 6 heteroatoms. The summed E-state index contributed by atoms with van der Waals surface area (Å²) in [6.45, 7) is 6.36. The Bertz CT molecular complexity index is 594. The molecule has 112 valence electrons. The first kappa shape index (κ1) is 14.3. The van der Waals surface area contributed by atoms with Gasteiger partial charge in [-0.15, -0.1) is 11.3 Å². The zero-order chi connectivity index (χ0) is 14.7. The largest absolute Gasteiger partial charge is 0.472 e. The Hall–Kier alpha value is -1.66. The Morgan fingerprint density at radius 1 is 1.38 bits per heavy atom. The van der Waals surface area contributed by atoms with Gasteiger partial charge in [-0.2, -0.15) is 0 Å². The molecule has 21 heavy (non-hydrogen) atoms. The number of thiazole rings is 1. The van der Waals surface area contributed by atoms with Gasteiger partial charge in [-0.3, -0.25) is 9.69 Å². The maximum absolute atomic E-state index is 12.3. The number of hydrogen-bond donors (Lipinski definition) is 0. The predicted molar refractivity (Wildman–Crippen MR) is 81.4 cm³/mol. The second-order valence-corrected chi connectivity index (χ2v) is 6.35. The summed E-state index contributed by atoms with van der Waals surface area (Å²) in [5.41, 5.74) is 1.77. The molecule has 2 aromatic heterocycles. The summed E-state index contributed by atoms with van der Waals surface area (Å²) in [7, 11) is 0. The molecule has 1 saturated heterocycles. The van der Waals surface area contributed by atoms with E-state index in [4.69, 9.17) is 4.42 Å². The van der Waals surface area contributed by atoms with Crippen molar-refractivity contribution in [3.63, 3.8) is 0 Å². The van der Waals surface area contributed by atoms with Gasteiger partial charge < -0.3 is 9.32 Å². The van der Waals surface area contributed by atoms with Crippen LogP contribution in [0.25, 0.3) is 0 Å². The number of carbonyl (C=O) groups excluding carboxylic acids is 1. The number of amides is 1. The average molecular weight is 305 g/mol. The zero-order valence-corrected chi connectivity index (χ0v) is 12.9. The lowest BCUT2D eigenvalue weighted by Crippen LogP contribution is -2.34. The van der Waals surface area contributed by atoms with Crippen LogP contribution in [0, 0.1) is 6.92 Å². The minimum atomic E-state index is 0.0649. The van der Waals surface area contributed by atoms with Crippen molar-refractivity contribution >= 4 is 17.2 Å². The van der Waals surface area contributed by atoms with Crippen LogP contribution in [0.5, 0.6) is 0 Å². The van der Waals surface area contributed by atoms with Crippen LogP contribution in [0.2, 0.25) is 0 Å². The lowest BCUT2D eigenvalue weighted by molar-refractivity contribution is 0.0760. The lowest BCUT2D eigenvalue weighted by atomic mass is 10.3. The smallest absolute Gasteiger partial charge is 0.257 e. The van der Waals surface area contributed by atoms with Gasteiger partial charge >= 0.3 is 0 Å². The molecule has 0 saturated carbocycles. The summed E-state index contributed by atoms with van der Waals surface area (Å²) in [5.74, 6) is 0.0649. The van der Waals surface area contributed by atoms with Gasteiger partial charge in [0.2, 0.25) is 0 Å². The fraction of sp³-hybridized carbons (Fsp3) is 0.467. The molecule has 1 amide bonds. The highest BCUT2D eigenvalue weighted by Crippen LogP contribution is 2.14. The molecular formula is C15H19N3O2S. The topological polar surface area (TPSA) is 49.6 Å². The number of rotatable bonds is 3. The van der Waals surface area contributed by atoms with E-state index >= 15 is 0 Å². The van der Waals surface area contributed by atoms with Crippen molar-refractivity contribution in [2.24, 2.45) is 0 Å². The van der Waals surface area contributed by atoms with E-state index in [-0.39, 0.29) is 5.91 Å². The van der Waals surface area contributed by atoms with Gasteiger partial charge in [0, 0.05) is 38.1 Å². The third-order valence-electron chi connectivity index (χ3n) is 3.70. The number of aromatic nitrogens is 1. The van der Waals surface area contributed by atoms with Gasteiger partial charge in [-0.05, 0) is 19.4 Å². The Kier molecular flexibility index (Phi) is 4.36. The first-order valence-electron chi connectivity index (χ1n) is 7.17. The quantitative estimate of drug-likeness (QED) is 0.873. The molecule has 0 unspecified atom stereocenters. The second-order valence-electron chi connectivity index (χ2n) is 5.29. The van der Waals surface area contributed by atoms with Crippen molar-refractivity contribution in [2.45, 2.75) is 19.9 Å². The first-order chi connectivity index (χ1) is 10.2. The fourth-order valence-electron chi connectivity index (χ4n) is 2.61. The molecular weight excluding hydrogens is 286 g/mol. The van der Waals surface area contributed by atoms with Crippen molar-refractivity contribution in [3.8, 4) is 0 Å².